The van der Waals surface area contributed by atoms with E-state index in [1.165, 1.54) is 0 Å². The highest BCUT2D eigenvalue weighted by Crippen LogP contribution is 2.13. The summed E-state index contributed by atoms with van der Waals surface area (Å²) in [6.07, 6.45) is 0.185. The number of carbonyl (C=O) groups is 7. The summed E-state index contributed by atoms with van der Waals surface area (Å²) in [4.78, 5) is 85.5. The molecule has 0 radical (unpaired) electrons. The quantitative estimate of drug-likeness (QED) is 0.103. The molecule has 1 rings (SSSR count). The van der Waals surface area contributed by atoms with Crippen molar-refractivity contribution in [1.82, 2.24) is 26.6 Å². The second kappa shape index (κ2) is 16.4. The van der Waals surface area contributed by atoms with Crippen LogP contribution in [0.1, 0.15) is 66.2 Å². The third-order valence-electron chi connectivity index (χ3n) is 6.52. The molecular formula is C25H41N5O10. The van der Waals surface area contributed by atoms with Crippen molar-refractivity contribution in [2.24, 2.45) is 11.8 Å². The summed E-state index contributed by atoms with van der Waals surface area (Å²) in [6, 6.07) is -6.24. The largest absolute Gasteiger partial charge is 0.481 e. The van der Waals surface area contributed by atoms with Crippen molar-refractivity contribution in [1.29, 1.82) is 0 Å². The summed E-state index contributed by atoms with van der Waals surface area (Å²) in [5.74, 6) is -8.17. The second-order valence-electron chi connectivity index (χ2n) is 10.4. The van der Waals surface area contributed by atoms with E-state index in [2.05, 4.69) is 21.3 Å². The summed E-state index contributed by atoms with van der Waals surface area (Å²) in [7, 11) is 0. The predicted molar refractivity (Wildman–Crippen MR) is 140 cm³/mol. The van der Waals surface area contributed by atoms with Gasteiger partial charge < -0.3 is 41.9 Å². The monoisotopic (exact) mass is 571 g/mol. The third-order valence-corrected chi connectivity index (χ3v) is 6.52. The van der Waals surface area contributed by atoms with Gasteiger partial charge in [-0.15, -0.1) is 0 Å². The molecule has 15 nitrogen and oxygen atoms in total. The van der Waals surface area contributed by atoms with Crippen molar-refractivity contribution in [3.8, 4) is 0 Å². The molecule has 0 spiro atoms. The first-order valence-corrected chi connectivity index (χ1v) is 13.3. The lowest BCUT2D eigenvalue weighted by Crippen LogP contribution is -2.60. The first-order chi connectivity index (χ1) is 18.7. The van der Waals surface area contributed by atoms with Crippen LogP contribution in [0.25, 0.3) is 0 Å². The average Bonchev–Trinajstić information content (AvgIpc) is 3.39. The Bertz CT molecular complexity index is 950. The van der Waals surface area contributed by atoms with Crippen LogP contribution in [-0.2, 0) is 33.6 Å². The van der Waals surface area contributed by atoms with Gasteiger partial charge in [0.05, 0.1) is 18.9 Å². The first kappa shape index (κ1) is 34.3. The Balaban J connectivity index is 3.10. The molecule has 4 amide bonds. The van der Waals surface area contributed by atoms with Gasteiger partial charge in [-0.05, 0) is 37.6 Å². The molecule has 15 heteroatoms. The van der Waals surface area contributed by atoms with E-state index in [9.17, 15) is 43.8 Å². The highest BCUT2D eigenvalue weighted by molar-refractivity contribution is 5.97. The molecule has 1 saturated heterocycles. The van der Waals surface area contributed by atoms with Gasteiger partial charge in [0.15, 0.2) is 0 Å². The van der Waals surface area contributed by atoms with Gasteiger partial charge in [-0.1, -0.05) is 34.1 Å². The number of carboxylic acids is 3. The molecule has 0 aromatic rings. The fourth-order valence-corrected chi connectivity index (χ4v) is 4.13. The van der Waals surface area contributed by atoms with Crippen molar-refractivity contribution < 1.29 is 48.9 Å². The van der Waals surface area contributed by atoms with Gasteiger partial charge in [-0.3, -0.25) is 28.8 Å². The predicted octanol–water partition coefficient (Wildman–Crippen LogP) is -1.20. The smallest absolute Gasteiger partial charge is 0.326 e. The zero-order valence-corrected chi connectivity index (χ0v) is 23.2. The summed E-state index contributed by atoms with van der Waals surface area (Å²) >= 11 is 0. The molecule has 0 aromatic carbocycles. The minimum absolute atomic E-state index is 0.0983. The molecule has 0 unspecified atom stereocenters. The molecule has 0 aliphatic carbocycles. The topological polar surface area (TPSA) is 240 Å². The number of carbonyl (C=O) groups excluding carboxylic acids is 4. The Morgan fingerprint density at radius 1 is 0.775 bits per heavy atom. The van der Waals surface area contributed by atoms with E-state index in [4.69, 9.17) is 5.11 Å². The van der Waals surface area contributed by atoms with Crippen LogP contribution in [0.3, 0.4) is 0 Å². The molecule has 1 aliphatic heterocycles. The summed E-state index contributed by atoms with van der Waals surface area (Å²) < 4.78 is 0. The molecule has 8 N–H and O–H groups in total. The van der Waals surface area contributed by atoms with E-state index in [1.807, 2.05) is 12.2 Å². The lowest BCUT2D eigenvalue weighted by atomic mass is 9.96. The number of carboxylic acid groups (broad SMARTS) is 3. The highest BCUT2D eigenvalue weighted by Gasteiger charge is 2.35. The number of hydrogen-bond acceptors (Lipinski definition) is 8. The van der Waals surface area contributed by atoms with E-state index in [0.29, 0.717) is 19.4 Å². The minimum atomic E-state index is -1.86. The number of hydrogen-bond donors (Lipinski definition) is 8. The SMILES string of the molecule is CC[C@H](C)[C@H](NC(=O)[C@@H]1CCCN1)C(=O)N[C@@H](CC(C)C)C(=O)N[C@@H](CC(=O)O)C(=O)N[C@@H](CC(=O)O)C(=O)O. The molecule has 0 aromatic heterocycles. The van der Waals surface area contributed by atoms with Gasteiger partial charge in [0.1, 0.15) is 24.2 Å². The van der Waals surface area contributed by atoms with Crippen LogP contribution in [0.4, 0.5) is 0 Å². The van der Waals surface area contributed by atoms with Crippen LogP contribution in [0, 0.1) is 11.8 Å². The Labute approximate surface area is 232 Å². The maximum Gasteiger partial charge on any atom is 0.326 e. The van der Waals surface area contributed by atoms with E-state index in [-0.39, 0.29) is 24.2 Å². The van der Waals surface area contributed by atoms with Gasteiger partial charge in [-0.25, -0.2) is 4.79 Å². The maximum absolute atomic E-state index is 13.3. The van der Waals surface area contributed by atoms with Crippen molar-refractivity contribution in [2.45, 2.75) is 96.4 Å². The zero-order chi connectivity index (χ0) is 30.6. The third kappa shape index (κ3) is 11.6. The molecule has 0 bridgehead atoms. The van der Waals surface area contributed by atoms with Crippen molar-refractivity contribution in [3.63, 3.8) is 0 Å². The zero-order valence-electron chi connectivity index (χ0n) is 23.2. The average molecular weight is 572 g/mol. The Morgan fingerprint density at radius 2 is 1.30 bits per heavy atom. The number of nitrogens with one attached hydrogen (secondary N) is 5. The molecule has 226 valence electrons. The highest BCUT2D eigenvalue weighted by atomic mass is 16.4. The molecule has 0 saturated carbocycles. The molecule has 40 heavy (non-hydrogen) atoms. The van der Waals surface area contributed by atoms with E-state index in [0.717, 1.165) is 6.42 Å². The number of rotatable bonds is 17. The molecule has 6 atom stereocenters. The lowest BCUT2D eigenvalue weighted by Gasteiger charge is -2.29. The van der Waals surface area contributed by atoms with E-state index >= 15 is 0 Å². The standard InChI is InChI=1S/C25H41N5O10/c1-5-13(4)20(30-21(35)14-7-6-8-26-14)24(38)28-15(9-12(2)3)22(36)27-16(10-18(31)32)23(37)29-17(25(39)40)11-19(33)34/h12-17,20,26H,5-11H2,1-4H3,(H,27,36)(H,28,38)(H,29,37)(H,30,35)(H,31,32)(H,33,34)(H,39,40)/t13-,14-,15-,16-,17-,20-/m0/s1. The van der Waals surface area contributed by atoms with Crippen LogP contribution in [0.2, 0.25) is 0 Å². The fraction of sp³-hybridized carbons (Fsp3) is 0.720. The van der Waals surface area contributed by atoms with Gasteiger partial charge in [0.25, 0.3) is 0 Å². The Hall–Kier alpha value is -3.75. The lowest BCUT2D eigenvalue weighted by molar-refractivity contribution is -0.148. The van der Waals surface area contributed by atoms with Crippen LogP contribution in [0.5, 0.6) is 0 Å². The fourth-order valence-electron chi connectivity index (χ4n) is 4.13. The van der Waals surface area contributed by atoms with Gasteiger partial charge in [-0.2, -0.15) is 0 Å². The van der Waals surface area contributed by atoms with E-state index in [1.54, 1.807) is 20.8 Å². The Kier molecular flexibility index (Phi) is 14.0. The molecule has 1 fully saturated rings. The molecule has 1 aliphatic rings. The Morgan fingerprint density at radius 3 is 1.77 bits per heavy atom. The number of amides is 4. The maximum atomic E-state index is 13.3. The summed E-state index contributed by atoms with van der Waals surface area (Å²) in [5.41, 5.74) is 0. The van der Waals surface area contributed by atoms with Gasteiger partial charge in [0.2, 0.25) is 23.6 Å². The normalized spacial score (nSPS) is 18.5. The van der Waals surface area contributed by atoms with Crippen LogP contribution >= 0.6 is 0 Å². The second-order valence-corrected chi connectivity index (χ2v) is 10.4. The van der Waals surface area contributed by atoms with Crippen molar-refractivity contribution in [3.05, 3.63) is 0 Å². The van der Waals surface area contributed by atoms with Gasteiger partial charge >= 0.3 is 17.9 Å². The molecular weight excluding hydrogens is 530 g/mol. The minimum Gasteiger partial charge on any atom is -0.481 e. The summed E-state index contributed by atoms with van der Waals surface area (Å²) in [6.45, 7) is 7.85. The van der Waals surface area contributed by atoms with Crippen LogP contribution < -0.4 is 26.6 Å². The number of aliphatic carboxylic acids is 3. The van der Waals surface area contributed by atoms with Crippen LogP contribution in [-0.4, -0.2) is 93.6 Å². The van der Waals surface area contributed by atoms with Crippen molar-refractivity contribution >= 4 is 41.5 Å². The van der Waals surface area contributed by atoms with Gasteiger partial charge in [0, 0.05) is 0 Å². The summed E-state index contributed by atoms with van der Waals surface area (Å²) in [5, 5.41) is 39.9. The first-order valence-electron chi connectivity index (χ1n) is 13.3. The van der Waals surface area contributed by atoms with Crippen molar-refractivity contribution in [2.75, 3.05) is 6.54 Å². The van der Waals surface area contributed by atoms with E-state index < -0.39 is 78.7 Å². The van der Waals surface area contributed by atoms with Crippen LogP contribution in [0.15, 0.2) is 0 Å². The molecule has 1 heterocycles.